The number of nitrogens with zero attached hydrogens (tertiary/aromatic N) is 2. The zero-order chi connectivity index (χ0) is 29.6. The van der Waals surface area contributed by atoms with Crippen molar-refractivity contribution in [1.82, 2.24) is 9.99 Å². The Morgan fingerprint density at radius 1 is 0.881 bits per heavy atom. The maximum atomic E-state index is 12.6. The molecule has 0 aliphatic heterocycles. The van der Waals surface area contributed by atoms with Gasteiger partial charge in [-0.15, -0.1) is 0 Å². The monoisotopic (exact) mass is 601 g/mol. The highest BCUT2D eigenvalue weighted by Crippen LogP contribution is 2.24. The summed E-state index contributed by atoms with van der Waals surface area (Å²) in [6.45, 7) is 4.26. The quantitative estimate of drug-likeness (QED) is 0.0814. The van der Waals surface area contributed by atoms with Crippen LogP contribution >= 0.6 is 23.2 Å². The highest BCUT2D eigenvalue weighted by atomic mass is 35.5. The van der Waals surface area contributed by atoms with Crippen molar-refractivity contribution in [2.45, 2.75) is 20.5 Å². The highest BCUT2D eigenvalue weighted by molar-refractivity contribution is 6.31. The number of hydrogen-bond acceptors (Lipinski definition) is 6. The molecule has 212 valence electrons. The second-order valence-corrected chi connectivity index (χ2v) is 10.2. The summed E-state index contributed by atoms with van der Waals surface area (Å²) in [6.07, 6.45) is 1.32. The number of aryl methyl sites for hydroxylation is 2. The summed E-state index contributed by atoms with van der Waals surface area (Å²) < 4.78 is 19.1. The number of aromatic nitrogens is 1. The number of rotatable bonds is 9. The average molecular weight is 602 g/mol. The molecule has 8 nitrogen and oxygen atoms in total. The molecule has 0 saturated heterocycles. The molecule has 1 amide bonds. The Hall–Kier alpha value is -4.79. The first-order valence-corrected chi connectivity index (χ1v) is 13.6. The molecule has 0 atom stereocenters. The van der Waals surface area contributed by atoms with Gasteiger partial charge in [0.05, 0.1) is 11.8 Å². The van der Waals surface area contributed by atoms with Crippen LogP contribution in [0.3, 0.4) is 0 Å². The van der Waals surface area contributed by atoms with Gasteiger partial charge in [0.15, 0.2) is 5.76 Å². The lowest BCUT2D eigenvalue weighted by molar-refractivity contribution is 0.0734. The van der Waals surface area contributed by atoms with Crippen molar-refractivity contribution < 1.29 is 23.5 Å². The second-order valence-electron chi connectivity index (χ2n) is 9.28. The van der Waals surface area contributed by atoms with Gasteiger partial charge in [0.2, 0.25) is 0 Å². The van der Waals surface area contributed by atoms with E-state index >= 15 is 0 Å². The first-order valence-electron chi connectivity index (χ1n) is 12.8. The van der Waals surface area contributed by atoms with E-state index in [-0.39, 0.29) is 18.1 Å². The van der Waals surface area contributed by atoms with Crippen molar-refractivity contribution >= 4 is 41.3 Å². The fourth-order valence-corrected chi connectivity index (χ4v) is 4.48. The van der Waals surface area contributed by atoms with Gasteiger partial charge in [-0.25, -0.2) is 10.2 Å². The number of hydrogen-bond donors (Lipinski definition) is 1. The maximum Gasteiger partial charge on any atom is 0.343 e. The smallest absolute Gasteiger partial charge is 0.343 e. The molecule has 0 aliphatic carbocycles. The van der Waals surface area contributed by atoms with Crippen molar-refractivity contribution in [1.29, 1.82) is 0 Å². The number of benzene rings is 3. The molecule has 0 saturated carbocycles. The van der Waals surface area contributed by atoms with E-state index in [2.05, 4.69) is 41.1 Å². The Kier molecular flexibility index (Phi) is 8.76. The first kappa shape index (κ1) is 28.7. The number of nitrogens with one attached hydrogen (secondary N) is 1. The van der Waals surface area contributed by atoms with Gasteiger partial charge < -0.3 is 18.5 Å². The molecule has 0 aliphatic rings. The molecule has 1 N–H and O–H groups in total. The molecule has 2 heterocycles. The van der Waals surface area contributed by atoms with Crippen LogP contribution in [0.1, 0.15) is 43.6 Å². The average Bonchev–Trinajstić information content (AvgIpc) is 3.60. The van der Waals surface area contributed by atoms with E-state index in [0.717, 1.165) is 17.1 Å². The summed E-state index contributed by atoms with van der Waals surface area (Å²) in [5.41, 5.74) is 6.45. The molecule has 10 heteroatoms. The summed E-state index contributed by atoms with van der Waals surface area (Å²) >= 11 is 12.0. The van der Waals surface area contributed by atoms with Gasteiger partial charge in [0.25, 0.3) is 0 Å². The Morgan fingerprint density at radius 3 is 2.29 bits per heavy atom. The van der Waals surface area contributed by atoms with Gasteiger partial charge in [0, 0.05) is 32.7 Å². The zero-order valence-corrected chi connectivity index (χ0v) is 24.1. The fourth-order valence-electron chi connectivity index (χ4n) is 4.17. The van der Waals surface area contributed by atoms with Crippen LogP contribution in [0.2, 0.25) is 10.0 Å². The summed E-state index contributed by atoms with van der Waals surface area (Å²) in [6, 6.07) is 26.0. The minimum Gasteiger partial charge on any atom is -0.486 e. The number of carbonyl (C=O) groups excluding carboxylic acids is 2. The number of amides is 1. The van der Waals surface area contributed by atoms with E-state index in [1.807, 2.05) is 24.3 Å². The van der Waals surface area contributed by atoms with Crippen LogP contribution in [0.4, 0.5) is 0 Å². The molecule has 0 spiro atoms. The standard InChI is InChI=1S/C32H25Cl2N3O5/c1-20-3-4-21(2)37(20)26-10-12-27(13-11-26)40-19-28-14-16-30(41-28)31(38)36-35-18-23-17-25(34)9-15-29(23)42-32(39)22-5-7-24(33)8-6-22/h3-18H,19H2,1-2H3,(H,36,38)/b35-18+. The second kappa shape index (κ2) is 12.8. The normalized spacial score (nSPS) is 11.0. The van der Waals surface area contributed by atoms with E-state index in [1.54, 1.807) is 42.5 Å². The number of furan rings is 1. The zero-order valence-electron chi connectivity index (χ0n) is 22.6. The summed E-state index contributed by atoms with van der Waals surface area (Å²) in [5.74, 6) is 0.251. The van der Waals surface area contributed by atoms with Crippen molar-refractivity contribution in [3.63, 3.8) is 0 Å². The van der Waals surface area contributed by atoms with E-state index in [4.69, 9.17) is 37.1 Å². The molecule has 42 heavy (non-hydrogen) atoms. The minimum absolute atomic E-state index is 0.0557. The highest BCUT2D eigenvalue weighted by Gasteiger charge is 2.14. The number of esters is 1. The lowest BCUT2D eigenvalue weighted by Crippen LogP contribution is -2.17. The topological polar surface area (TPSA) is 95.1 Å². The van der Waals surface area contributed by atoms with Crippen LogP contribution in [-0.2, 0) is 6.61 Å². The van der Waals surface area contributed by atoms with Crippen molar-refractivity contribution in [3.8, 4) is 17.2 Å². The largest absolute Gasteiger partial charge is 0.486 e. The van der Waals surface area contributed by atoms with Crippen LogP contribution in [0.5, 0.6) is 11.5 Å². The van der Waals surface area contributed by atoms with Crippen LogP contribution in [0, 0.1) is 13.8 Å². The lowest BCUT2D eigenvalue weighted by Gasteiger charge is -2.10. The van der Waals surface area contributed by atoms with Crippen LogP contribution in [0.15, 0.2) is 101 Å². The van der Waals surface area contributed by atoms with E-state index in [1.165, 1.54) is 18.3 Å². The minimum atomic E-state index is -0.583. The lowest BCUT2D eigenvalue weighted by atomic mass is 10.2. The maximum absolute atomic E-state index is 12.6. The van der Waals surface area contributed by atoms with Crippen LogP contribution in [0.25, 0.3) is 5.69 Å². The third kappa shape index (κ3) is 6.91. The molecular weight excluding hydrogens is 577 g/mol. The molecule has 0 fully saturated rings. The predicted molar refractivity (Wildman–Crippen MR) is 161 cm³/mol. The molecule has 5 rings (SSSR count). The molecule has 0 radical (unpaired) electrons. The van der Waals surface area contributed by atoms with Gasteiger partial charge in [0.1, 0.15) is 23.9 Å². The Bertz CT molecular complexity index is 1740. The summed E-state index contributed by atoms with van der Waals surface area (Å²) in [4.78, 5) is 25.1. The molecule has 5 aromatic rings. The van der Waals surface area contributed by atoms with Crippen LogP contribution < -0.4 is 14.9 Å². The third-order valence-electron chi connectivity index (χ3n) is 6.26. The van der Waals surface area contributed by atoms with Gasteiger partial charge in [-0.1, -0.05) is 23.2 Å². The van der Waals surface area contributed by atoms with E-state index in [9.17, 15) is 9.59 Å². The SMILES string of the molecule is Cc1ccc(C)n1-c1ccc(OCc2ccc(C(=O)N/N=C/c3cc(Cl)ccc3OC(=O)c3ccc(Cl)cc3)o2)cc1. The van der Waals surface area contributed by atoms with Gasteiger partial charge in [-0.3, -0.25) is 4.79 Å². The number of carbonyl (C=O) groups is 2. The Balaban J connectivity index is 1.17. The number of ether oxygens (including phenoxy) is 2. The summed E-state index contributed by atoms with van der Waals surface area (Å²) in [5, 5.41) is 4.87. The Labute approximate surface area is 252 Å². The van der Waals surface area contributed by atoms with Crippen molar-refractivity contribution in [2.24, 2.45) is 5.10 Å². The molecular formula is C32H25Cl2N3O5. The number of hydrazone groups is 1. The summed E-state index contributed by atoms with van der Waals surface area (Å²) in [7, 11) is 0. The molecule has 0 unspecified atom stereocenters. The predicted octanol–water partition coefficient (Wildman–Crippen LogP) is 7.56. The molecule has 2 aromatic heterocycles. The van der Waals surface area contributed by atoms with Crippen molar-refractivity contribution in [2.75, 3.05) is 0 Å². The van der Waals surface area contributed by atoms with Crippen LogP contribution in [-0.4, -0.2) is 22.7 Å². The van der Waals surface area contributed by atoms with Gasteiger partial charge >= 0.3 is 11.9 Å². The van der Waals surface area contributed by atoms with Crippen molar-refractivity contribution in [3.05, 3.63) is 135 Å². The van der Waals surface area contributed by atoms with Gasteiger partial charge in [-0.2, -0.15) is 5.10 Å². The molecule has 3 aromatic carbocycles. The van der Waals surface area contributed by atoms with E-state index < -0.39 is 11.9 Å². The molecule has 0 bridgehead atoms. The van der Waals surface area contributed by atoms with E-state index in [0.29, 0.717) is 32.7 Å². The fraction of sp³-hybridized carbons (Fsp3) is 0.0938. The Morgan fingerprint density at radius 2 is 1.57 bits per heavy atom. The first-order chi connectivity index (χ1) is 20.3. The third-order valence-corrected chi connectivity index (χ3v) is 6.74. The number of halogens is 2. The van der Waals surface area contributed by atoms with Gasteiger partial charge in [-0.05, 0) is 105 Å².